The quantitative estimate of drug-likeness (QED) is 0.540. The number of nitrogens with zero attached hydrogens (tertiary/aromatic N) is 1. The Morgan fingerprint density at radius 3 is 2.52 bits per heavy atom. The van der Waals surface area contributed by atoms with Crippen LogP contribution in [-0.4, -0.2) is 57.1 Å². The van der Waals surface area contributed by atoms with E-state index in [0.29, 0.717) is 30.7 Å². The van der Waals surface area contributed by atoms with Gasteiger partial charge in [0.2, 0.25) is 15.9 Å². The number of rotatable bonds is 11. The second-order valence-electron chi connectivity index (χ2n) is 6.63. The molecule has 2 aromatic carbocycles. The highest BCUT2D eigenvalue weighted by Crippen LogP contribution is 2.24. The fourth-order valence-electron chi connectivity index (χ4n) is 2.87. The summed E-state index contributed by atoms with van der Waals surface area (Å²) in [6.45, 7) is 1.91. The van der Waals surface area contributed by atoms with Crippen LogP contribution in [-0.2, 0) is 21.2 Å². The number of carbonyl (C=O) groups is 1. The molecule has 29 heavy (non-hydrogen) atoms. The lowest BCUT2D eigenvalue weighted by molar-refractivity contribution is -0.121. The minimum Gasteiger partial charge on any atom is -0.496 e. The number of hydrogen-bond acceptors (Lipinski definition) is 5. The van der Waals surface area contributed by atoms with Crippen molar-refractivity contribution in [3.8, 4) is 5.75 Å². The molecule has 0 aromatic heterocycles. The summed E-state index contributed by atoms with van der Waals surface area (Å²) in [5.74, 6) is 0.196. The molecule has 0 saturated heterocycles. The van der Waals surface area contributed by atoms with Crippen molar-refractivity contribution in [2.45, 2.75) is 24.7 Å². The predicted octanol–water partition coefficient (Wildman–Crippen LogP) is 1.74. The van der Waals surface area contributed by atoms with Crippen molar-refractivity contribution in [3.05, 3.63) is 59.7 Å². The van der Waals surface area contributed by atoms with E-state index in [0.717, 1.165) is 5.56 Å². The fraction of sp³-hybridized carbons (Fsp3) is 0.381. The summed E-state index contributed by atoms with van der Waals surface area (Å²) in [5.41, 5.74) is 1.68. The number of hydrogen-bond donors (Lipinski definition) is 2. The average molecular weight is 421 g/mol. The van der Waals surface area contributed by atoms with Crippen molar-refractivity contribution in [3.63, 3.8) is 0 Å². The number of sulfonamides is 1. The summed E-state index contributed by atoms with van der Waals surface area (Å²) in [7, 11) is -2.35. The standard InChI is InChI=1S/C21H28N2O5S/c1-17-15-19(9-10-20(17)28-2)29(26,27)23(16-21(25)22-12-6-14-24)13-11-18-7-4-3-5-8-18/h3-5,7-10,15,24H,6,11-14,16H2,1-2H3,(H,22,25). The highest BCUT2D eigenvalue weighted by atomic mass is 32.2. The summed E-state index contributed by atoms with van der Waals surface area (Å²) >= 11 is 0. The van der Waals surface area contributed by atoms with E-state index in [-0.39, 0.29) is 24.6 Å². The molecule has 0 aliphatic carbocycles. The molecule has 0 fully saturated rings. The van der Waals surface area contributed by atoms with Crippen LogP contribution in [0, 0.1) is 6.92 Å². The Balaban J connectivity index is 2.23. The first kappa shape index (κ1) is 22.9. The molecule has 0 atom stereocenters. The largest absolute Gasteiger partial charge is 0.496 e. The lowest BCUT2D eigenvalue weighted by Crippen LogP contribution is -2.42. The van der Waals surface area contributed by atoms with Crippen LogP contribution in [0.15, 0.2) is 53.4 Å². The van der Waals surface area contributed by atoms with Gasteiger partial charge in [-0.15, -0.1) is 0 Å². The van der Waals surface area contributed by atoms with Gasteiger partial charge in [0, 0.05) is 19.7 Å². The maximum Gasteiger partial charge on any atom is 0.243 e. The molecule has 0 aliphatic rings. The van der Waals surface area contributed by atoms with Gasteiger partial charge in [-0.1, -0.05) is 30.3 Å². The fourth-order valence-corrected chi connectivity index (χ4v) is 4.35. The van der Waals surface area contributed by atoms with E-state index in [2.05, 4.69) is 5.32 Å². The molecule has 8 heteroatoms. The molecule has 7 nitrogen and oxygen atoms in total. The molecule has 2 N–H and O–H groups in total. The Labute approximate surface area is 172 Å². The molecular weight excluding hydrogens is 392 g/mol. The first-order chi connectivity index (χ1) is 13.9. The van der Waals surface area contributed by atoms with Crippen LogP contribution < -0.4 is 10.1 Å². The third kappa shape index (κ3) is 6.56. The molecule has 158 valence electrons. The second-order valence-corrected chi connectivity index (χ2v) is 8.57. The predicted molar refractivity (Wildman–Crippen MR) is 111 cm³/mol. The van der Waals surface area contributed by atoms with Gasteiger partial charge in [-0.05, 0) is 49.1 Å². The normalized spacial score (nSPS) is 11.4. The Morgan fingerprint density at radius 2 is 1.90 bits per heavy atom. The second kappa shape index (κ2) is 10.9. The van der Waals surface area contributed by atoms with Crippen LogP contribution in [0.2, 0.25) is 0 Å². The summed E-state index contributed by atoms with van der Waals surface area (Å²) < 4.78 is 32.9. The van der Waals surface area contributed by atoms with E-state index in [1.165, 1.54) is 17.5 Å². The summed E-state index contributed by atoms with van der Waals surface area (Å²) in [6, 6.07) is 14.2. The molecule has 2 rings (SSSR count). The van der Waals surface area contributed by atoms with Gasteiger partial charge in [0.05, 0.1) is 18.6 Å². The van der Waals surface area contributed by atoms with Gasteiger partial charge in [-0.25, -0.2) is 8.42 Å². The van der Waals surface area contributed by atoms with Gasteiger partial charge in [0.1, 0.15) is 5.75 Å². The van der Waals surface area contributed by atoms with E-state index in [9.17, 15) is 13.2 Å². The van der Waals surface area contributed by atoms with Crippen molar-refractivity contribution in [2.24, 2.45) is 0 Å². The van der Waals surface area contributed by atoms with Gasteiger partial charge in [-0.3, -0.25) is 4.79 Å². The van der Waals surface area contributed by atoms with Crippen molar-refractivity contribution in [1.82, 2.24) is 9.62 Å². The number of carbonyl (C=O) groups excluding carboxylic acids is 1. The van der Waals surface area contributed by atoms with Crippen LogP contribution in [0.4, 0.5) is 0 Å². The smallest absolute Gasteiger partial charge is 0.243 e. The maximum absolute atomic E-state index is 13.2. The zero-order valence-electron chi connectivity index (χ0n) is 16.8. The number of aliphatic hydroxyl groups excluding tert-OH is 1. The van der Waals surface area contributed by atoms with Gasteiger partial charge in [0.25, 0.3) is 0 Å². The molecule has 0 bridgehead atoms. The van der Waals surface area contributed by atoms with E-state index >= 15 is 0 Å². The van der Waals surface area contributed by atoms with Crippen LogP contribution in [0.5, 0.6) is 5.75 Å². The SMILES string of the molecule is COc1ccc(S(=O)(=O)N(CCc2ccccc2)CC(=O)NCCCO)cc1C. The van der Waals surface area contributed by atoms with E-state index in [1.807, 2.05) is 30.3 Å². The van der Waals surface area contributed by atoms with Crippen LogP contribution >= 0.6 is 0 Å². The van der Waals surface area contributed by atoms with Crippen molar-refractivity contribution in [2.75, 3.05) is 33.4 Å². The number of methoxy groups -OCH3 is 1. The average Bonchev–Trinajstić information content (AvgIpc) is 2.71. The van der Waals surface area contributed by atoms with Gasteiger partial charge in [-0.2, -0.15) is 4.31 Å². The maximum atomic E-state index is 13.2. The monoisotopic (exact) mass is 420 g/mol. The molecule has 1 amide bonds. The number of nitrogens with one attached hydrogen (secondary N) is 1. The molecule has 0 unspecified atom stereocenters. The number of benzene rings is 2. The highest BCUT2D eigenvalue weighted by Gasteiger charge is 2.27. The lowest BCUT2D eigenvalue weighted by atomic mass is 10.1. The van der Waals surface area contributed by atoms with Gasteiger partial charge < -0.3 is 15.2 Å². The summed E-state index contributed by atoms with van der Waals surface area (Å²) in [4.78, 5) is 12.4. The highest BCUT2D eigenvalue weighted by molar-refractivity contribution is 7.89. The van der Waals surface area contributed by atoms with Crippen LogP contribution in [0.3, 0.4) is 0 Å². The minimum absolute atomic E-state index is 0.0403. The molecule has 0 heterocycles. The molecular formula is C21H28N2O5S. The number of aryl methyl sites for hydroxylation is 1. The molecule has 2 aromatic rings. The first-order valence-electron chi connectivity index (χ1n) is 9.44. The van der Waals surface area contributed by atoms with E-state index < -0.39 is 15.9 Å². The van der Waals surface area contributed by atoms with Crippen molar-refractivity contribution in [1.29, 1.82) is 0 Å². The summed E-state index contributed by atoms with van der Waals surface area (Å²) in [5, 5.41) is 11.5. The molecule has 0 radical (unpaired) electrons. The molecule has 0 spiro atoms. The number of aliphatic hydroxyl groups is 1. The van der Waals surface area contributed by atoms with E-state index in [4.69, 9.17) is 9.84 Å². The third-order valence-electron chi connectivity index (χ3n) is 4.47. The Hall–Kier alpha value is -2.42. The number of amides is 1. The summed E-state index contributed by atoms with van der Waals surface area (Å²) in [6.07, 6.45) is 0.902. The minimum atomic E-state index is -3.88. The zero-order chi connectivity index (χ0) is 21.3. The zero-order valence-corrected chi connectivity index (χ0v) is 17.6. The van der Waals surface area contributed by atoms with Gasteiger partial charge >= 0.3 is 0 Å². The van der Waals surface area contributed by atoms with Crippen LogP contribution in [0.25, 0.3) is 0 Å². The van der Waals surface area contributed by atoms with Crippen LogP contribution in [0.1, 0.15) is 17.5 Å². The molecule has 0 aliphatic heterocycles. The van der Waals surface area contributed by atoms with E-state index in [1.54, 1.807) is 19.1 Å². The Kier molecular flexibility index (Phi) is 8.63. The Morgan fingerprint density at radius 1 is 1.17 bits per heavy atom. The van der Waals surface area contributed by atoms with Gasteiger partial charge in [0.15, 0.2) is 0 Å². The van der Waals surface area contributed by atoms with Crippen molar-refractivity contribution < 1.29 is 23.1 Å². The molecule has 0 saturated carbocycles. The third-order valence-corrected chi connectivity index (χ3v) is 6.31. The Bertz CT molecular complexity index is 901. The lowest BCUT2D eigenvalue weighted by Gasteiger charge is -2.22. The topological polar surface area (TPSA) is 95.9 Å². The number of ether oxygens (including phenoxy) is 1. The van der Waals surface area contributed by atoms with Crippen molar-refractivity contribution >= 4 is 15.9 Å². The first-order valence-corrected chi connectivity index (χ1v) is 10.9.